The van der Waals surface area contributed by atoms with Crippen LogP contribution in [0.5, 0.6) is 11.5 Å². The van der Waals surface area contributed by atoms with Crippen LogP contribution in [0.2, 0.25) is 10.0 Å². The minimum absolute atomic E-state index is 0.0224. The minimum atomic E-state index is -0.924. The number of aromatic hydroxyl groups is 1. The van der Waals surface area contributed by atoms with Crippen LogP contribution in [0.3, 0.4) is 0 Å². The SMILES string of the molecule is COc1c(Cl)cc(/C(O)=C2\C(=O)C(=O)N(Cc3ccccn3)C2c2ccc(O)cc2)cc1Cl. The van der Waals surface area contributed by atoms with Crippen LogP contribution in [0.1, 0.15) is 22.9 Å². The zero-order chi connectivity index (χ0) is 23.7. The molecule has 0 saturated carbocycles. The van der Waals surface area contributed by atoms with Crippen LogP contribution in [-0.2, 0) is 16.1 Å². The van der Waals surface area contributed by atoms with Crippen molar-refractivity contribution in [3.05, 3.63) is 93.2 Å². The number of hydrogen-bond acceptors (Lipinski definition) is 6. The molecule has 1 amide bonds. The number of ether oxygens (including phenoxy) is 1. The standard InChI is InChI=1S/C24H18Cl2N2O5/c1-33-23-17(25)10-14(11-18(23)26)21(30)19-20(13-5-7-16(29)8-6-13)28(24(32)22(19)31)12-15-4-2-3-9-27-15/h2-11,20,29-30H,12H2,1H3/b21-19+. The monoisotopic (exact) mass is 484 g/mol. The number of Topliss-reactive ketones (excluding diaryl/α,β-unsaturated/α-hetero) is 1. The first-order valence-corrected chi connectivity index (χ1v) is 10.6. The normalized spacial score (nSPS) is 17.4. The highest BCUT2D eigenvalue weighted by molar-refractivity contribution is 6.46. The molecule has 33 heavy (non-hydrogen) atoms. The van der Waals surface area contributed by atoms with Crippen LogP contribution in [0, 0.1) is 0 Å². The number of aliphatic hydroxyl groups excluding tert-OH is 1. The van der Waals surface area contributed by atoms with Gasteiger partial charge in [0.1, 0.15) is 11.5 Å². The molecule has 2 N–H and O–H groups in total. The van der Waals surface area contributed by atoms with Gasteiger partial charge < -0.3 is 19.8 Å². The largest absolute Gasteiger partial charge is 0.508 e. The topological polar surface area (TPSA) is 100.0 Å². The van der Waals surface area contributed by atoms with Gasteiger partial charge in [0.05, 0.1) is 41.0 Å². The summed E-state index contributed by atoms with van der Waals surface area (Å²) in [6, 6.07) is 13.2. The first kappa shape index (κ1) is 22.6. The number of methoxy groups -OCH3 is 1. The number of likely N-dealkylation sites (tertiary alicyclic amines) is 1. The van der Waals surface area contributed by atoms with Crippen molar-refractivity contribution in [3.63, 3.8) is 0 Å². The van der Waals surface area contributed by atoms with Gasteiger partial charge in [0.25, 0.3) is 11.7 Å². The fraction of sp³-hybridized carbons (Fsp3) is 0.125. The van der Waals surface area contributed by atoms with Crippen molar-refractivity contribution in [1.82, 2.24) is 9.88 Å². The summed E-state index contributed by atoms with van der Waals surface area (Å²) >= 11 is 12.4. The van der Waals surface area contributed by atoms with Crippen molar-refractivity contribution in [1.29, 1.82) is 0 Å². The lowest BCUT2D eigenvalue weighted by Gasteiger charge is -2.25. The number of nitrogens with zero attached hydrogens (tertiary/aromatic N) is 2. The van der Waals surface area contributed by atoms with Crippen LogP contribution < -0.4 is 4.74 Å². The fourth-order valence-electron chi connectivity index (χ4n) is 3.76. The summed E-state index contributed by atoms with van der Waals surface area (Å²) in [5, 5.41) is 21.1. The lowest BCUT2D eigenvalue weighted by molar-refractivity contribution is -0.140. The number of benzene rings is 2. The van der Waals surface area contributed by atoms with Crippen molar-refractivity contribution in [2.75, 3.05) is 7.11 Å². The number of amides is 1. The van der Waals surface area contributed by atoms with Crippen molar-refractivity contribution in [3.8, 4) is 11.5 Å². The summed E-state index contributed by atoms with van der Waals surface area (Å²) in [6.45, 7) is 0.0395. The Morgan fingerprint density at radius 2 is 1.76 bits per heavy atom. The molecule has 1 aliphatic heterocycles. The van der Waals surface area contributed by atoms with Crippen LogP contribution in [0.4, 0.5) is 0 Å². The molecule has 1 saturated heterocycles. The maximum Gasteiger partial charge on any atom is 0.296 e. The average molecular weight is 485 g/mol. The lowest BCUT2D eigenvalue weighted by atomic mass is 9.95. The Bertz CT molecular complexity index is 1240. The van der Waals surface area contributed by atoms with Crippen LogP contribution in [-0.4, -0.2) is 38.9 Å². The van der Waals surface area contributed by atoms with Crippen LogP contribution in [0.25, 0.3) is 5.76 Å². The third-order valence-corrected chi connectivity index (χ3v) is 5.84. The number of carbonyl (C=O) groups excluding carboxylic acids is 2. The van der Waals surface area contributed by atoms with Gasteiger partial charge in [-0.25, -0.2) is 0 Å². The molecule has 168 valence electrons. The molecular formula is C24H18Cl2N2O5. The molecule has 2 heterocycles. The van der Waals surface area contributed by atoms with Crippen molar-refractivity contribution in [2.24, 2.45) is 0 Å². The highest BCUT2D eigenvalue weighted by Gasteiger charge is 2.46. The molecule has 1 aromatic heterocycles. The Morgan fingerprint density at radius 3 is 2.33 bits per heavy atom. The Balaban J connectivity index is 1.88. The maximum absolute atomic E-state index is 13.1. The smallest absolute Gasteiger partial charge is 0.296 e. The number of aromatic nitrogens is 1. The highest BCUT2D eigenvalue weighted by atomic mass is 35.5. The first-order chi connectivity index (χ1) is 15.8. The zero-order valence-electron chi connectivity index (χ0n) is 17.3. The van der Waals surface area contributed by atoms with Crippen molar-refractivity contribution >= 4 is 40.7 Å². The molecule has 1 atom stereocenters. The van der Waals surface area contributed by atoms with E-state index in [4.69, 9.17) is 27.9 Å². The van der Waals surface area contributed by atoms with Gasteiger partial charge in [-0.05, 0) is 42.0 Å². The lowest BCUT2D eigenvalue weighted by Crippen LogP contribution is -2.29. The second kappa shape index (κ2) is 9.13. The molecule has 0 aliphatic carbocycles. The molecule has 0 spiro atoms. The number of halogens is 2. The number of rotatable bonds is 5. The number of ketones is 1. The quantitative estimate of drug-likeness (QED) is 0.308. The van der Waals surface area contributed by atoms with Gasteiger partial charge in [-0.15, -0.1) is 0 Å². The number of pyridine rings is 1. The van der Waals surface area contributed by atoms with Gasteiger partial charge in [-0.1, -0.05) is 41.4 Å². The van der Waals surface area contributed by atoms with Gasteiger partial charge in [0.2, 0.25) is 0 Å². The van der Waals surface area contributed by atoms with Crippen molar-refractivity contribution < 1.29 is 24.5 Å². The van der Waals surface area contributed by atoms with Crippen LogP contribution >= 0.6 is 23.2 Å². The average Bonchev–Trinajstić information content (AvgIpc) is 3.04. The van der Waals surface area contributed by atoms with E-state index in [0.29, 0.717) is 11.3 Å². The Hall–Kier alpha value is -3.55. The zero-order valence-corrected chi connectivity index (χ0v) is 18.8. The van der Waals surface area contributed by atoms with E-state index in [1.807, 2.05) is 0 Å². The van der Waals surface area contributed by atoms with E-state index in [9.17, 15) is 19.8 Å². The van der Waals surface area contributed by atoms with Gasteiger partial charge in [-0.3, -0.25) is 14.6 Å². The van der Waals surface area contributed by atoms with E-state index < -0.39 is 23.5 Å². The number of phenolic OH excluding ortho intramolecular Hbond substituents is 1. The summed E-state index contributed by atoms with van der Waals surface area (Å²) < 4.78 is 5.14. The van der Waals surface area contributed by atoms with E-state index in [2.05, 4.69) is 4.98 Å². The molecule has 2 aromatic carbocycles. The van der Waals surface area contributed by atoms with Gasteiger partial charge in [0.15, 0.2) is 5.75 Å². The predicted octanol–water partition coefficient (Wildman–Crippen LogP) is 4.72. The molecule has 1 fully saturated rings. The second-order valence-electron chi connectivity index (χ2n) is 7.31. The van der Waals surface area contributed by atoms with E-state index in [1.165, 1.54) is 36.3 Å². The third-order valence-electron chi connectivity index (χ3n) is 5.28. The maximum atomic E-state index is 13.1. The number of aliphatic hydroxyl groups is 1. The number of phenols is 1. The fourth-order valence-corrected chi connectivity index (χ4v) is 4.40. The molecule has 1 aliphatic rings. The Morgan fingerprint density at radius 1 is 1.09 bits per heavy atom. The molecule has 1 unspecified atom stereocenters. The summed E-state index contributed by atoms with van der Waals surface area (Å²) in [5.74, 6) is -1.83. The number of hydrogen-bond donors (Lipinski definition) is 2. The van der Waals surface area contributed by atoms with Gasteiger partial charge >= 0.3 is 0 Å². The van der Waals surface area contributed by atoms with E-state index in [1.54, 1.807) is 36.5 Å². The van der Waals surface area contributed by atoms with Crippen molar-refractivity contribution in [2.45, 2.75) is 12.6 Å². The number of carbonyl (C=O) groups is 2. The predicted molar refractivity (Wildman–Crippen MR) is 123 cm³/mol. The Kier molecular flexibility index (Phi) is 6.26. The highest BCUT2D eigenvalue weighted by Crippen LogP contribution is 2.42. The molecule has 9 heteroatoms. The molecule has 7 nitrogen and oxygen atoms in total. The minimum Gasteiger partial charge on any atom is -0.508 e. The van der Waals surface area contributed by atoms with E-state index >= 15 is 0 Å². The molecule has 0 radical (unpaired) electrons. The second-order valence-corrected chi connectivity index (χ2v) is 8.13. The summed E-state index contributed by atoms with van der Waals surface area (Å²) in [5.41, 5.74) is 1.12. The summed E-state index contributed by atoms with van der Waals surface area (Å²) in [6.07, 6.45) is 1.59. The van der Waals surface area contributed by atoms with Gasteiger partial charge in [0, 0.05) is 11.8 Å². The molecule has 0 bridgehead atoms. The third kappa shape index (κ3) is 4.25. The summed E-state index contributed by atoms with van der Waals surface area (Å²) in [4.78, 5) is 31.7. The first-order valence-electron chi connectivity index (χ1n) is 9.82. The molecule has 4 rings (SSSR count). The van der Waals surface area contributed by atoms with Gasteiger partial charge in [-0.2, -0.15) is 0 Å². The van der Waals surface area contributed by atoms with Crippen LogP contribution in [0.15, 0.2) is 66.4 Å². The molecular weight excluding hydrogens is 467 g/mol. The van der Waals surface area contributed by atoms with E-state index in [-0.39, 0.29) is 39.2 Å². The molecule has 3 aromatic rings. The van der Waals surface area contributed by atoms with E-state index in [0.717, 1.165) is 0 Å². The Labute approximate surface area is 199 Å². The summed E-state index contributed by atoms with van der Waals surface area (Å²) in [7, 11) is 1.40.